The van der Waals surface area contributed by atoms with E-state index in [4.69, 9.17) is 4.98 Å². The Hall–Kier alpha value is -0.840. The number of hydrogen-bond acceptors (Lipinski definition) is 4. The van der Waals surface area contributed by atoms with Crippen LogP contribution in [0.15, 0.2) is 18.2 Å². The summed E-state index contributed by atoms with van der Waals surface area (Å²) in [6, 6.07) is 7.21. The molecule has 1 N–H and O–H groups in total. The highest BCUT2D eigenvalue weighted by atomic mass is 32.2. The summed E-state index contributed by atoms with van der Waals surface area (Å²) in [4.78, 5) is 6.39. The van der Waals surface area contributed by atoms with Crippen molar-refractivity contribution in [1.29, 1.82) is 0 Å². The summed E-state index contributed by atoms with van der Waals surface area (Å²) in [5.74, 6) is 2.39. The molecule has 2 aliphatic rings. The third-order valence-electron chi connectivity index (χ3n) is 3.81. The fourth-order valence-electron chi connectivity index (χ4n) is 2.81. The van der Waals surface area contributed by atoms with Crippen molar-refractivity contribution in [2.45, 2.75) is 19.4 Å². The van der Waals surface area contributed by atoms with E-state index in [0.29, 0.717) is 6.04 Å². The minimum absolute atomic E-state index is 0.461. The molecule has 4 rings (SSSR count). The Balaban J connectivity index is 1.72. The van der Waals surface area contributed by atoms with Gasteiger partial charge in [-0.2, -0.15) is 11.8 Å². The second-order valence-corrected chi connectivity index (χ2v) is 7.51. The van der Waals surface area contributed by atoms with Crippen LogP contribution in [0.4, 0.5) is 0 Å². The standard InChI is InChI=1S/C15H16N2S2/c1-9-2-3-10-7-13-14(11(10)6-9)17-15(19-13)12-8-18-5-4-16-12/h2-3,6,12,16H,4-5,7-8H2,1H3. The summed E-state index contributed by atoms with van der Waals surface area (Å²) in [5, 5.41) is 4.87. The summed E-state index contributed by atoms with van der Waals surface area (Å²) < 4.78 is 0. The van der Waals surface area contributed by atoms with Crippen LogP contribution in [0.3, 0.4) is 0 Å². The molecule has 0 spiro atoms. The number of aromatic nitrogens is 1. The average molecular weight is 288 g/mol. The van der Waals surface area contributed by atoms with Gasteiger partial charge in [0.2, 0.25) is 0 Å². The first-order valence-corrected chi connectivity index (χ1v) is 8.69. The van der Waals surface area contributed by atoms with E-state index in [2.05, 4.69) is 30.4 Å². The molecule has 2 nitrogen and oxygen atoms in total. The Morgan fingerprint density at radius 1 is 1.37 bits per heavy atom. The lowest BCUT2D eigenvalue weighted by Gasteiger charge is -2.20. The molecule has 1 aromatic heterocycles. The molecule has 1 fully saturated rings. The summed E-state index contributed by atoms with van der Waals surface area (Å²) in [5.41, 5.74) is 5.38. The number of hydrogen-bond donors (Lipinski definition) is 1. The summed E-state index contributed by atoms with van der Waals surface area (Å²) in [6.45, 7) is 3.26. The first kappa shape index (κ1) is 11.9. The normalized spacial score (nSPS) is 21.2. The maximum absolute atomic E-state index is 4.94. The van der Waals surface area contributed by atoms with Gasteiger partial charge in [-0.1, -0.05) is 17.7 Å². The van der Waals surface area contributed by atoms with Crippen molar-refractivity contribution >= 4 is 23.1 Å². The molecule has 1 unspecified atom stereocenters. The molecule has 0 amide bonds. The minimum Gasteiger partial charge on any atom is -0.306 e. The first-order chi connectivity index (χ1) is 9.31. The largest absolute Gasteiger partial charge is 0.306 e. The van der Waals surface area contributed by atoms with E-state index in [1.54, 1.807) is 0 Å². The molecular weight excluding hydrogens is 272 g/mol. The zero-order valence-electron chi connectivity index (χ0n) is 10.9. The Labute approximate surface area is 121 Å². The van der Waals surface area contributed by atoms with Gasteiger partial charge in [0.1, 0.15) is 5.01 Å². The fraction of sp³-hybridized carbons (Fsp3) is 0.400. The van der Waals surface area contributed by atoms with Gasteiger partial charge < -0.3 is 5.32 Å². The van der Waals surface area contributed by atoms with Gasteiger partial charge in [0.25, 0.3) is 0 Å². The van der Waals surface area contributed by atoms with Crippen LogP contribution in [-0.4, -0.2) is 23.0 Å². The molecule has 1 aromatic carbocycles. The Kier molecular flexibility index (Phi) is 2.90. The molecule has 1 aliphatic heterocycles. The third-order valence-corrected chi connectivity index (χ3v) is 6.04. The molecule has 0 saturated carbocycles. The van der Waals surface area contributed by atoms with E-state index in [9.17, 15) is 0 Å². The molecule has 2 heterocycles. The number of nitrogens with zero attached hydrogens (tertiary/aromatic N) is 1. The highest BCUT2D eigenvalue weighted by Crippen LogP contribution is 2.41. The van der Waals surface area contributed by atoms with Crippen LogP contribution in [0.2, 0.25) is 0 Å². The van der Waals surface area contributed by atoms with Crippen molar-refractivity contribution in [2.24, 2.45) is 0 Å². The number of nitrogens with one attached hydrogen (secondary N) is 1. The van der Waals surface area contributed by atoms with E-state index in [1.807, 2.05) is 23.1 Å². The Morgan fingerprint density at radius 3 is 3.16 bits per heavy atom. The second-order valence-electron chi connectivity index (χ2n) is 5.24. The van der Waals surface area contributed by atoms with Crippen LogP contribution in [0, 0.1) is 6.92 Å². The van der Waals surface area contributed by atoms with Gasteiger partial charge in [-0.3, -0.25) is 0 Å². The van der Waals surface area contributed by atoms with Crippen LogP contribution in [0.1, 0.15) is 27.1 Å². The first-order valence-electron chi connectivity index (χ1n) is 6.72. The third kappa shape index (κ3) is 2.02. The summed E-state index contributed by atoms with van der Waals surface area (Å²) >= 11 is 3.93. The summed E-state index contributed by atoms with van der Waals surface area (Å²) in [6.07, 6.45) is 1.07. The molecule has 1 aliphatic carbocycles. The minimum atomic E-state index is 0.461. The molecular formula is C15H16N2S2. The number of thioether (sulfide) groups is 1. The zero-order valence-corrected chi connectivity index (χ0v) is 12.5. The van der Waals surface area contributed by atoms with Crippen LogP contribution in [0.5, 0.6) is 0 Å². The van der Waals surface area contributed by atoms with Crippen LogP contribution < -0.4 is 5.32 Å². The van der Waals surface area contributed by atoms with Gasteiger partial charge >= 0.3 is 0 Å². The fourth-order valence-corrected chi connectivity index (χ4v) is 5.04. The van der Waals surface area contributed by atoms with Crippen molar-refractivity contribution in [3.05, 3.63) is 39.2 Å². The molecule has 1 saturated heterocycles. The highest BCUT2D eigenvalue weighted by Gasteiger charge is 2.26. The van der Waals surface area contributed by atoms with Crippen molar-refractivity contribution in [3.8, 4) is 11.3 Å². The van der Waals surface area contributed by atoms with Gasteiger partial charge in [0.15, 0.2) is 0 Å². The molecule has 19 heavy (non-hydrogen) atoms. The number of aryl methyl sites for hydroxylation is 1. The SMILES string of the molecule is Cc1ccc2c(c1)-c1nc(C3CSCCN3)sc1C2. The predicted molar refractivity (Wildman–Crippen MR) is 83.2 cm³/mol. The number of rotatable bonds is 1. The average Bonchev–Trinajstić information content (AvgIpc) is 2.98. The van der Waals surface area contributed by atoms with Crippen LogP contribution in [-0.2, 0) is 6.42 Å². The van der Waals surface area contributed by atoms with Crippen molar-refractivity contribution in [3.63, 3.8) is 0 Å². The van der Waals surface area contributed by atoms with Gasteiger partial charge in [-0.05, 0) is 18.6 Å². The second kappa shape index (κ2) is 4.62. The Bertz CT molecular complexity index is 627. The molecule has 0 radical (unpaired) electrons. The number of fused-ring (bicyclic) bond motifs is 3. The molecule has 98 valence electrons. The molecule has 0 bridgehead atoms. The van der Waals surface area contributed by atoms with Crippen molar-refractivity contribution in [1.82, 2.24) is 10.3 Å². The Morgan fingerprint density at radius 2 is 2.32 bits per heavy atom. The number of thiazole rings is 1. The van der Waals surface area contributed by atoms with Crippen molar-refractivity contribution in [2.75, 3.05) is 18.1 Å². The van der Waals surface area contributed by atoms with E-state index in [1.165, 1.54) is 38.0 Å². The lowest BCUT2D eigenvalue weighted by molar-refractivity contribution is 0.592. The monoisotopic (exact) mass is 288 g/mol. The van der Waals surface area contributed by atoms with Crippen LogP contribution in [0.25, 0.3) is 11.3 Å². The van der Waals surface area contributed by atoms with Crippen LogP contribution >= 0.6 is 23.1 Å². The molecule has 2 aromatic rings. The zero-order chi connectivity index (χ0) is 12.8. The smallest absolute Gasteiger partial charge is 0.111 e. The van der Waals surface area contributed by atoms with E-state index in [0.717, 1.165) is 18.7 Å². The summed E-state index contributed by atoms with van der Waals surface area (Å²) in [7, 11) is 0. The van der Waals surface area contributed by atoms with E-state index in [-0.39, 0.29) is 0 Å². The predicted octanol–water partition coefficient (Wildman–Crippen LogP) is 3.40. The van der Waals surface area contributed by atoms with E-state index >= 15 is 0 Å². The number of benzene rings is 1. The van der Waals surface area contributed by atoms with Gasteiger partial charge in [0.05, 0.1) is 11.7 Å². The van der Waals surface area contributed by atoms with Crippen molar-refractivity contribution < 1.29 is 0 Å². The van der Waals surface area contributed by atoms with Gasteiger partial charge in [-0.25, -0.2) is 4.98 Å². The molecule has 4 heteroatoms. The van der Waals surface area contributed by atoms with E-state index < -0.39 is 0 Å². The maximum Gasteiger partial charge on any atom is 0.111 e. The lowest BCUT2D eigenvalue weighted by atomic mass is 10.1. The van der Waals surface area contributed by atoms with Gasteiger partial charge in [0, 0.05) is 34.9 Å². The maximum atomic E-state index is 4.94. The lowest BCUT2D eigenvalue weighted by Crippen LogP contribution is -2.30. The quantitative estimate of drug-likeness (QED) is 0.743. The highest BCUT2D eigenvalue weighted by molar-refractivity contribution is 7.99. The topological polar surface area (TPSA) is 24.9 Å². The molecule has 1 atom stereocenters. The van der Waals surface area contributed by atoms with Gasteiger partial charge in [-0.15, -0.1) is 11.3 Å².